The molecule has 0 bridgehead atoms. The van der Waals surface area contributed by atoms with E-state index < -0.39 is 11.7 Å². The number of halogens is 3. The number of alkyl halides is 3. The third-order valence-electron chi connectivity index (χ3n) is 3.83. The van der Waals surface area contributed by atoms with Gasteiger partial charge in [-0.05, 0) is 24.6 Å². The zero-order valence-electron chi connectivity index (χ0n) is 11.6. The van der Waals surface area contributed by atoms with Gasteiger partial charge >= 0.3 is 6.18 Å². The summed E-state index contributed by atoms with van der Waals surface area (Å²) in [6.07, 6.45) is -4.36. The summed E-state index contributed by atoms with van der Waals surface area (Å²) in [5.41, 5.74) is 5.33. The van der Waals surface area contributed by atoms with Crippen LogP contribution in [0.4, 0.5) is 18.9 Å². The number of rotatable bonds is 2. The molecule has 2 unspecified atom stereocenters. The molecule has 1 heterocycles. The minimum atomic E-state index is -4.36. The lowest BCUT2D eigenvalue weighted by molar-refractivity contribution is -0.138. The topological polar surface area (TPSA) is 29.3 Å². The van der Waals surface area contributed by atoms with Gasteiger partial charge in [-0.25, -0.2) is 0 Å². The van der Waals surface area contributed by atoms with Crippen LogP contribution in [0.3, 0.4) is 0 Å². The number of anilines is 1. The number of nitrogens with zero attached hydrogens (tertiary/aromatic N) is 1. The van der Waals surface area contributed by atoms with Crippen LogP contribution in [0.2, 0.25) is 0 Å². The van der Waals surface area contributed by atoms with Crippen molar-refractivity contribution in [3.05, 3.63) is 29.3 Å². The molecule has 1 aliphatic heterocycles. The summed E-state index contributed by atoms with van der Waals surface area (Å²) in [4.78, 5) is 2.11. The van der Waals surface area contributed by atoms with E-state index in [1.165, 1.54) is 12.1 Å². The lowest BCUT2D eigenvalue weighted by Gasteiger charge is -2.37. The number of hydrogen-bond acceptors (Lipinski definition) is 3. The van der Waals surface area contributed by atoms with E-state index in [1.54, 1.807) is 0 Å². The van der Waals surface area contributed by atoms with E-state index in [0.717, 1.165) is 18.4 Å². The normalized spacial score (nSPS) is 24.9. The second-order valence-electron chi connectivity index (χ2n) is 5.20. The summed E-state index contributed by atoms with van der Waals surface area (Å²) >= 11 is 1.87. The molecule has 0 radical (unpaired) electrons. The van der Waals surface area contributed by atoms with Gasteiger partial charge in [-0.3, -0.25) is 4.90 Å². The number of nitrogen functional groups attached to an aromatic ring is 1. The van der Waals surface area contributed by atoms with Crippen LogP contribution in [-0.2, 0) is 12.7 Å². The van der Waals surface area contributed by atoms with Gasteiger partial charge in [0.25, 0.3) is 0 Å². The van der Waals surface area contributed by atoms with E-state index in [-0.39, 0.29) is 11.7 Å². The maximum Gasteiger partial charge on any atom is 0.416 e. The zero-order valence-corrected chi connectivity index (χ0v) is 12.4. The van der Waals surface area contributed by atoms with Gasteiger partial charge in [0.15, 0.2) is 0 Å². The summed E-state index contributed by atoms with van der Waals surface area (Å²) in [6.45, 7) is 5.33. The monoisotopic (exact) mass is 304 g/mol. The molecule has 0 aromatic heterocycles. The van der Waals surface area contributed by atoms with Crippen LogP contribution in [0.5, 0.6) is 0 Å². The summed E-state index contributed by atoms with van der Waals surface area (Å²) in [5.74, 6) is 0.960. The highest BCUT2D eigenvalue weighted by Gasteiger charge is 2.35. The van der Waals surface area contributed by atoms with Crippen molar-refractivity contribution >= 4 is 17.4 Å². The molecular weight excluding hydrogens is 285 g/mol. The van der Waals surface area contributed by atoms with Crippen LogP contribution in [0.1, 0.15) is 25.0 Å². The summed E-state index contributed by atoms with van der Waals surface area (Å²) in [5, 5.41) is 0.437. The van der Waals surface area contributed by atoms with Crippen molar-refractivity contribution in [3.63, 3.8) is 0 Å². The maximum absolute atomic E-state index is 13.1. The Labute approximate surface area is 121 Å². The lowest BCUT2D eigenvalue weighted by Crippen LogP contribution is -2.44. The highest BCUT2D eigenvalue weighted by molar-refractivity contribution is 8.00. The molecule has 2 N–H and O–H groups in total. The average Bonchev–Trinajstić information content (AvgIpc) is 2.36. The molecule has 0 aliphatic carbocycles. The first-order valence-corrected chi connectivity index (χ1v) is 7.65. The highest BCUT2D eigenvalue weighted by atomic mass is 32.2. The zero-order chi connectivity index (χ0) is 14.9. The van der Waals surface area contributed by atoms with Crippen LogP contribution in [0, 0.1) is 0 Å². The Morgan fingerprint density at radius 1 is 1.35 bits per heavy atom. The molecular formula is C14H19F3N2S. The highest BCUT2D eigenvalue weighted by Crippen LogP contribution is 2.35. The van der Waals surface area contributed by atoms with E-state index >= 15 is 0 Å². The van der Waals surface area contributed by atoms with Gasteiger partial charge in [0.05, 0.1) is 5.56 Å². The summed E-state index contributed by atoms with van der Waals surface area (Å²) in [6, 6.07) is 4.34. The quantitative estimate of drug-likeness (QED) is 0.846. The van der Waals surface area contributed by atoms with Crippen molar-refractivity contribution in [2.75, 3.05) is 18.0 Å². The SMILES string of the molecule is CC1SCCN(Cc2ccc(N)cc2C(F)(F)F)C1C. The predicted molar refractivity (Wildman–Crippen MR) is 77.6 cm³/mol. The van der Waals surface area contributed by atoms with Gasteiger partial charge in [-0.15, -0.1) is 0 Å². The summed E-state index contributed by atoms with van der Waals surface area (Å²) in [7, 11) is 0. The molecule has 6 heteroatoms. The number of thioether (sulfide) groups is 1. The van der Waals surface area contributed by atoms with E-state index in [2.05, 4.69) is 18.7 Å². The van der Waals surface area contributed by atoms with Crippen LogP contribution in [-0.4, -0.2) is 28.5 Å². The molecule has 0 amide bonds. The molecule has 2 rings (SSSR count). The molecule has 1 saturated heterocycles. The van der Waals surface area contributed by atoms with Gasteiger partial charge in [0.2, 0.25) is 0 Å². The van der Waals surface area contributed by atoms with Gasteiger partial charge in [-0.1, -0.05) is 13.0 Å². The number of benzene rings is 1. The molecule has 1 aromatic carbocycles. The minimum Gasteiger partial charge on any atom is -0.399 e. The Bertz CT molecular complexity index is 476. The molecule has 2 atom stereocenters. The molecule has 0 saturated carbocycles. The van der Waals surface area contributed by atoms with E-state index in [1.807, 2.05) is 11.8 Å². The average molecular weight is 304 g/mol. The van der Waals surface area contributed by atoms with Crippen molar-refractivity contribution < 1.29 is 13.2 Å². The van der Waals surface area contributed by atoms with Crippen LogP contribution >= 0.6 is 11.8 Å². The molecule has 1 aliphatic rings. The smallest absolute Gasteiger partial charge is 0.399 e. The van der Waals surface area contributed by atoms with Gasteiger partial charge in [0, 0.05) is 35.8 Å². The molecule has 1 fully saturated rings. The second-order valence-corrected chi connectivity index (χ2v) is 6.69. The second kappa shape index (κ2) is 5.85. The first-order valence-electron chi connectivity index (χ1n) is 6.60. The van der Waals surface area contributed by atoms with Crippen molar-refractivity contribution in [3.8, 4) is 0 Å². The Balaban J connectivity index is 2.25. The van der Waals surface area contributed by atoms with E-state index in [9.17, 15) is 13.2 Å². The fourth-order valence-corrected chi connectivity index (χ4v) is 3.60. The molecule has 2 nitrogen and oxygen atoms in total. The van der Waals surface area contributed by atoms with Crippen LogP contribution in [0.15, 0.2) is 18.2 Å². The van der Waals surface area contributed by atoms with Crippen molar-refractivity contribution in [1.82, 2.24) is 4.90 Å². The van der Waals surface area contributed by atoms with Crippen LogP contribution in [0.25, 0.3) is 0 Å². The molecule has 20 heavy (non-hydrogen) atoms. The Hall–Kier alpha value is -0.880. The molecule has 0 spiro atoms. The first-order chi connectivity index (χ1) is 9.29. The number of nitrogens with two attached hydrogens (primary N) is 1. The van der Waals surface area contributed by atoms with Crippen molar-refractivity contribution in [2.24, 2.45) is 0 Å². The Morgan fingerprint density at radius 3 is 2.70 bits per heavy atom. The van der Waals surface area contributed by atoms with Gasteiger partial charge in [0.1, 0.15) is 0 Å². The van der Waals surface area contributed by atoms with E-state index in [4.69, 9.17) is 5.73 Å². The van der Waals surface area contributed by atoms with Gasteiger partial charge in [-0.2, -0.15) is 24.9 Å². The lowest BCUT2D eigenvalue weighted by atomic mass is 10.0. The third kappa shape index (κ3) is 3.41. The summed E-state index contributed by atoms with van der Waals surface area (Å²) < 4.78 is 39.2. The Kier molecular flexibility index (Phi) is 4.54. The van der Waals surface area contributed by atoms with Crippen LogP contribution < -0.4 is 5.73 Å². The van der Waals surface area contributed by atoms with Gasteiger partial charge < -0.3 is 5.73 Å². The third-order valence-corrected chi connectivity index (χ3v) is 5.17. The largest absolute Gasteiger partial charge is 0.416 e. The maximum atomic E-state index is 13.1. The van der Waals surface area contributed by atoms with E-state index in [0.29, 0.717) is 17.4 Å². The predicted octanol–water partition coefficient (Wildman–Crippen LogP) is 3.61. The Morgan fingerprint density at radius 2 is 2.05 bits per heavy atom. The standard InChI is InChI=1S/C14H19F3N2S/c1-9-10(2)20-6-5-19(9)8-11-3-4-12(18)7-13(11)14(15,16)17/h3-4,7,9-10H,5-6,8,18H2,1-2H3. The molecule has 112 valence electrons. The van der Waals surface area contributed by atoms with Crippen molar-refractivity contribution in [2.45, 2.75) is 37.9 Å². The minimum absolute atomic E-state index is 0.150. The number of hydrogen-bond donors (Lipinski definition) is 1. The fourth-order valence-electron chi connectivity index (χ4n) is 2.43. The molecule has 1 aromatic rings. The van der Waals surface area contributed by atoms with Crippen molar-refractivity contribution in [1.29, 1.82) is 0 Å². The first kappa shape index (κ1) is 15.5. The fraction of sp³-hybridized carbons (Fsp3) is 0.571.